The molecular weight excluding hydrogens is 216 g/mol. The van der Waals surface area contributed by atoms with Gasteiger partial charge >= 0.3 is 0 Å². The zero-order valence-corrected chi connectivity index (χ0v) is 8.57. The lowest BCUT2D eigenvalue weighted by atomic mass is 10.1. The van der Waals surface area contributed by atoms with E-state index in [1.165, 1.54) is 0 Å². The molecule has 3 rings (SSSR count). The third-order valence-corrected chi connectivity index (χ3v) is 2.72. The van der Waals surface area contributed by atoms with Crippen LogP contribution in [-0.4, -0.2) is 26.2 Å². The molecular formula is C9H9ClN4O. The van der Waals surface area contributed by atoms with Crippen molar-refractivity contribution in [1.29, 1.82) is 0 Å². The maximum atomic E-state index is 9.73. The summed E-state index contributed by atoms with van der Waals surface area (Å²) < 4.78 is 1.67. The molecule has 15 heavy (non-hydrogen) atoms. The third-order valence-electron chi connectivity index (χ3n) is 2.51. The Morgan fingerprint density at radius 1 is 1.53 bits per heavy atom. The number of imidazole rings is 1. The van der Waals surface area contributed by atoms with Crippen LogP contribution < -0.4 is 5.32 Å². The van der Waals surface area contributed by atoms with Crippen molar-refractivity contribution in [2.24, 2.45) is 0 Å². The van der Waals surface area contributed by atoms with Crippen molar-refractivity contribution in [1.82, 2.24) is 19.9 Å². The van der Waals surface area contributed by atoms with Crippen LogP contribution in [0.1, 0.15) is 17.5 Å². The van der Waals surface area contributed by atoms with Crippen LogP contribution in [0.2, 0.25) is 5.15 Å². The summed E-state index contributed by atoms with van der Waals surface area (Å²) in [7, 11) is 0. The van der Waals surface area contributed by atoms with E-state index in [9.17, 15) is 5.11 Å². The monoisotopic (exact) mass is 224 g/mol. The molecule has 1 aliphatic rings. The molecule has 0 amide bonds. The largest absolute Gasteiger partial charge is 0.385 e. The summed E-state index contributed by atoms with van der Waals surface area (Å²) >= 11 is 5.81. The first kappa shape index (κ1) is 9.08. The van der Waals surface area contributed by atoms with E-state index in [0.29, 0.717) is 29.6 Å². The highest BCUT2D eigenvalue weighted by Gasteiger charge is 2.23. The number of nitrogens with zero attached hydrogens (tertiary/aromatic N) is 3. The molecule has 1 unspecified atom stereocenters. The van der Waals surface area contributed by atoms with Crippen molar-refractivity contribution in [2.45, 2.75) is 12.6 Å². The first-order valence-corrected chi connectivity index (χ1v) is 5.06. The molecule has 1 aliphatic heterocycles. The Hall–Kier alpha value is -1.17. The van der Waals surface area contributed by atoms with Gasteiger partial charge in [0.2, 0.25) is 0 Å². The van der Waals surface area contributed by atoms with Gasteiger partial charge in [-0.25, -0.2) is 9.50 Å². The van der Waals surface area contributed by atoms with Gasteiger partial charge in [-0.05, 0) is 12.1 Å². The second-order valence-corrected chi connectivity index (χ2v) is 3.90. The van der Waals surface area contributed by atoms with Crippen molar-refractivity contribution >= 4 is 17.2 Å². The molecule has 2 N–H and O–H groups in total. The Morgan fingerprint density at radius 2 is 2.40 bits per heavy atom. The van der Waals surface area contributed by atoms with E-state index in [0.717, 1.165) is 5.69 Å². The fourth-order valence-corrected chi connectivity index (χ4v) is 1.97. The lowest BCUT2D eigenvalue weighted by molar-refractivity contribution is 0.160. The Morgan fingerprint density at radius 3 is 3.27 bits per heavy atom. The Bertz CT molecular complexity index is 524. The molecule has 0 bridgehead atoms. The molecule has 6 heteroatoms. The summed E-state index contributed by atoms with van der Waals surface area (Å²) in [5.41, 5.74) is 2.29. The quantitative estimate of drug-likeness (QED) is 0.685. The molecule has 2 aromatic heterocycles. The second kappa shape index (κ2) is 3.16. The van der Waals surface area contributed by atoms with Crippen molar-refractivity contribution in [2.75, 3.05) is 6.54 Å². The van der Waals surface area contributed by atoms with Crippen molar-refractivity contribution in [3.8, 4) is 0 Å². The molecule has 0 saturated carbocycles. The maximum Gasteiger partial charge on any atom is 0.154 e. The van der Waals surface area contributed by atoms with E-state index < -0.39 is 6.10 Å². The summed E-state index contributed by atoms with van der Waals surface area (Å²) in [6.07, 6.45) is -0.561. The van der Waals surface area contributed by atoms with E-state index in [1.807, 2.05) is 0 Å². The Kier molecular flexibility index (Phi) is 1.92. The predicted molar refractivity (Wildman–Crippen MR) is 54.7 cm³/mol. The van der Waals surface area contributed by atoms with Crippen LogP contribution in [0.3, 0.4) is 0 Å². The van der Waals surface area contributed by atoms with E-state index in [-0.39, 0.29) is 0 Å². The number of aromatic nitrogens is 3. The average molecular weight is 225 g/mol. The van der Waals surface area contributed by atoms with E-state index >= 15 is 0 Å². The van der Waals surface area contributed by atoms with Gasteiger partial charge in [-0.2, -0.15) is 5.10 Å². The smallest absolute Gasteiger partial charge is 0.154 e. The summed E-state index contributed by atoms with van der Waals surface area (Å²) in [4.78, 5) is 4.33. The Balaban J connectivity index is 2.31. The van der Waals surface area contributed by atoms with Crippen LogP contribution in [0.25, 0.3) is 5.65 Å². The SMILES string of the molecule is OC1CNCc2c1nc1ccc(Cl)nn21. The lowest BCUT2D eigenvalue weighted by Crippen LogP contribution is -2.28. The molecule has 2 aromatic rings. The van der Waals surface area contributed by atoms with Gasteiger partial charge in [0.25, 0.3) is 0 Å². The van der Waals surface area contributed by atoms with Crippen LogP contribution in [0.4, 0.5) is 0 Å². The van der Waals surface area contributed by atoms with Crippen LogP contribution in [0.5, 0.6) is 0 Å². The van der Waals surface area contributed by atoms with Gasteiger partial charge in [0.1, 0.15) is 11.3 Å². The number of hydrogen-bond donors (Lipinski definition) is 2. The first-order chi connectivity index (χ1) is 7.25. The lowest BCUT2D eigenvalue weighted by Gasteiger charge is -2.17. The highest BCUT2D eigenvalue weighted by molar-refractivity contribution is 6.29. The van der Waals surface area contributed by atoms with Crippen LogP contribution in [0, 0.1) is 0 Å². The molecule has 0 aromatic carbocycles. The van der Waals surface area contributed by atoms with Gasteiger partial charge in [0.05, 0.1) is 11.4 Å². The zero-order chi connectivity index (χ0) is 10.4. The van der Waals surface area contributed by atoms with Gasteiger partial charge in [0, 0.05) is 13.1 Å². The fourth-order valence-electron chi connectivity index (χ4n) is 1.83. The minimum Gasteiger partial charge on any atom is -0.385 e. The molecule has 0 aliphatic carbocycles. The van der Waals surface area contributed by atoms with Crippen molar-refractivity contribution in [3.05, 3.63) is 28.7 Å². The number of nitrogens with one attached hydrogen (secondary N) is 1. The highest BCUT2D eigenvalue weighted by atomic mass is 35.5. The summed E-state index contributed by atoms with van der Waals surface area (Å²) in [6.45, 7) is 1.19. The van der Waals surface area contributed by atoms with Crippen LogP contribution in [0.15, 0.2) is 12.1 Å². The topological polar surface area (TPSA) is 62.5 Å². The van der Waals surface area contributed by atoms with Crippen molar-refractivity contribution in [3.63, 3.8) is 0 Å². The van der Waals surface area contributed by atoms with Crippen LogP contribution >= 0.6 is 11.6 Å². The molecule has 3 heterocycles. The number of rotatable bonds is 0. The molecule has 78 valence electrons. The van der Waals surface area contributed by atoms with E-state index in [2.05, 4.69) is 15.4 Å². The van der Waals surface area contributed by atoms with Gasteiger partial charge in [-0.3, -0.25) is 0 Å². The molecule has 0 fully saturated rings. The molecule has 0 radical (unpaired) electrons. The minimum absolute atomic E-state index is 0.419. The third kappa shape index (κ3) is 1.31. The summed E-state index contributed by atoms with van der Waals surface area (Å²) in [5, 5.41) is 17.4. The summed E-state index contributed by atoms with van der Waals surface area (Å²) in [6, 6.07) is 3.48. The highest BCUT2D eigenvalue weighted by Crippen LogP contribution is 2.22. The Labute approximate surface area is 90.7 Å². The number of β-amino-alcohol motifs (C(OH)–C–C–N with tert-alkyl or cyclic N) is 1. The number of aliphatic hydroxyl groups excluding tert-OH is 1. The van der Waals surface area contributed by atoms with Gasteiger partial charge in [-0.1, -0.05) is 11.6 Å². The average Bonchev–Trinajstić information content (AvgIpc) is 2.58. The van der Waals surface area contributed by atoms with Crippen molar-refractivity contribution < 1.29 is 5.11 Å². The zero-order valence-electron chi connectivity index (χ0n) is 7.81. The van der Waals surface area contributed by atoms with Gasteiger partial charge in [0.15, 0.2) is 5.65 Å². The van der Waals surface area contributed by atoms with E-state index in [1.54, 1.807) is 16.6 Å². The second-order valence-electron chi connectivity index (χ2n) is 3.52. The number of aliphatic hydroxyl groups is 1. The molecule has 0 spiro atoms. The van der Waals surface area contributed by atoms with Gasteiger partial charge < -0.3 is 10.4 Å². The normalized spacial score (nSPS) is 20.5. The minimum atomic E-state index is -0.561. The number of fused-ring (bicyclic) bond motifs is 3. The molecule has 5 nitrogen and oxygen atoms in total. The number of halogens is 1. The standard InChI is InChI=1S/C9H9ClN4O/c10-7-1-2-8-12-9-5(14(8)13-7)3-11-4-6(9)15/h1-2,6,11,15H,3-4H2. The van der Waals surface area contributed by atoms with E-state index in [4.69, 9.17) is 11.6 Å². The number of hydrogen-bond acceptors (Lipinski definition) is 4. The van der Waals surface area contributed by atoms with Gasteiger partial charge in [-0.15, -0.1) is 0 Å². The molecule has 0 saturated heterocycles. The predicted octanol–water partition coefficient (Wildman–Crippen LogP) is 0.519. The van der Waals surface area contributed by atoms with Crippen LogP contribution in [-0.2, 0) is 6.54 Å². The maximum absolute atomic E-state index is 9.73. The fraction of sp³-hybridized carbons (Fsp3) is 0.333. The molecule has 1 atom stereocenters. The first-order valence-electron chi connectivity index (χ1n) is 4.68. The summed E-state index contributed by atoms with van der Waals surface area (Å²) in [5.74, 6) is 0.